The summed E-state index contributed by atoms with van der Waals surface area (Å²) in [6, 6.07) is 16.8. The van der Waals surface area contributed by atoms with Gasteiger partial charge in [-0.3, -0.25) is 4.79 Å². The SMILES string of the molecule is COc1cc(C)c(-c2nc3ccccc3c(=O)n2N=Cc2ccc(OCC(C)(C)C)c(Cl)c2)cc1C(C)C. The average Bonchev–Trinajstić information content (AvgIpc) is 2.86. The number of methoxy groups -OCH3 is 1. The van der Waals surface area contributed by atoms with Crippen LogP contribution in [0.2, 0.25) is 5.02 Å². The van der Waals surface area contributed by atoms with Gasteiger partial charge in [0.1, 0.15) is 11.5 Å². The van der Waals surface area contributed by atoms with E-state index in [9.17, 15) is 4.79 Å². The maximum absolute atomic E-state index is 13.6. The Bertz CT molecular complexity index is 1570. The Morgan fingerprint density at radius 3 is 2.47 bits per heavy atom. The fourth-order valence-electron chi connectivity index (χ4n) is 4.11. The van der Waals surface area contributed by atoms with Crippen molar-refractivity contribution in [2.24, 2.45) is 10.5 Å². The van der Waals surface area contributed by atoms with Crippen molar-refractivity contribution in [3.63, 3.8) is 0 Å². The first-order valence-electron chi connectivity index (χ1n) is 12.7. The van der Waals surface area contributed by atoms with E-state index in [0.717, 1.165) is 28.0 Å². The molecule has 0 radical (unpaired) electrons. The van der Waals surface area contributed by atoms with E-state index in [1.54, 1.807) is 25.5 Å². The minimum atomic E-state index is -0.251. The van der Waals surface area contributed by atoms with Gasteiger partial charge in [-0.05, 0) is 77.4 Å². The molecule has 0 saturated heterocycles. The molecule has 0 aliphatic heterocycles. The average molecular weight is 532 g/mol. The van der Waals surface area contributed by atoms with Gasteiger partial charge in [0.15, 0.2) is 5.82 Å². The van der Waals surface area contributed by atoms with Gasteiger partial charge in [0.05, 0.1) is 35.9 Å². The largest absolute Gasteiger partial charge is 0.496 e. The molecule has 1 heterocycles. The summed E-state index contributed by atoms with van der Waals surface area (Å²) >= 11 is 6.49. The highest BCUT2D eigenvalue weighted by molar-refractivity contribution is 6.32. The summed E-state index contributed by atoms with van der Waals surface area (Å²) < 4.78 is 12.9. The molecule has 0 unspecified atom stereocenters. The van der Waals surface area contributed by atoms with Crippen LogP contribution >= 0.6 is 11.6 Å². The molecule has 0 amide bonds. The quantitative estimate of drug-likeness (QED) is 0.232. The maximum Gasteiger partial charge on any atom is 0.282 e. The van der Waals surface area contributed by atoms with Crippen molar-refractivity contribution < 1.29 is 9.47 Å². The summed E-state index contributed by atoms with van der Waals surface area (Å²) in [5.74, 6) is 2.10. The van der Waals surface area contributed by atoms with E-state index < -0.39 is 0 Å². The Hall–Kier alpha value is -3.64. The second-order valence-corrected chi connectivity index (χ2v) is 11.3. The number of hydrogen-bond donors (Lipinski definition) is 0. The van der Waals surface area contributed by atoms with E-state index in [4.69, 9.17) is 26.1 Å². The Morgan fingerprint density at radius 2 is 1.82 bits per heavy atom. The van der Waals surface area contributed by atoms with Crippen molar-refractivity contribution in [3.05, 3.63) is 86.7 Å². The number of hydrogen-bond acceptors (Lipinski definition) is 5. The number of halogens is 1. The molecule has 0 saturated carbocycles. The van der Waals surface area contributed by atoms with Crippen LogP contribution in [0.4, 0.5) is 0 Å². The van der Waals surface area contributed by atoms with E-state index in [1.165, 1.54) is 4.68 Å². The molecule has 198 valence electrons. The van der Waals surface area contributed by atoms with Gasteiger partial charge in [-0.15, -0.1) is 0 Å². The first kappa shape index (κ1) is 27.4. The number of ether oxygens (including phenoxy) is 2. The second-order valence-electron chi connectivity index (χ2n) is 10.9. The zero-order valence-electron chi connectivity index (χ0n) is 23.0. The first-order valence-corrected chi connectivity index (χ1v) is 13.0. The number of aryl methyl sites for hydroxylation is 1. The maximum atomic E-state index is 13.6. The Morgan fingerprint density at radius 1 is 1.08 bits per heavy atom. The second kappa shape index (κ2) is 11.0. The van der Waals surface area contributed by atoms with Crippen molar-refractivity contribution in [3.8, 4) is 22.9 Å². The molecule has 0 aliphatic carbocycles. The fourth-order valence-corrected chi connectivity index (χ4v) is 4.35. The highest BCUT2D eigenvalue weighted by atomic mass is 35.5. The minimum absolute atomic E-state index is 0.0130. The predicted octanol–water partition coefficient (Wildman–Crippen LogP) is 7.46. The fraction of sp³-hybridized carbons (Fsp3) is 0.323. The lowest BCUT2D eigenvalue weighted by Gasteiger charge is -2.19. The predicted molar refractivity (Wildman–Crippen MR) is 156 cm³/mol. The summed E-state index contributed by atoms with van der Waals surface area (Å²) in [6.07, 6.45) is 1.61. The number of fused-ring (bicyclic) bond motifs is 1. The summed E-state index contributed by atoms with van der Waals surface area (Å²) in [5.41, 5.74) is 3.89. The molecule has 0 fully saturated rings. The number of nitrogens with zero attached hydrogens (tertiary/aromatic N) is 3. The Kier molecular flexibility index (Phi) is 7.93. The molecule has 7 heteroatoms. The molecule has 0 N–H and O–H groups in total. The number of benzene rings is 3. The molecule has 4 rings (SSSR count). The van der Waals surface area contributed by atoms with Crippen LogP contribution in [-0.4, -0.2) is 29.6 Å². The third kappa shape index (κ3) is 5.91. The Balaban J connectivity index is 1.83. The van der Waals surface area contributed by atoms with Gasteiger partial charge in [-0.25, -0.2) is 4.98 Å². The molecule has 0 spiro atoms. The molecule has 6 nitrogen and oxygen atoms in total. The van der Waals surface area contributed by atoms with Gasteiger partial charge in [0.25, 0.3) is 5.56 Å². The summed E-state index contributed by atoms with van der Waals surface area (Å²) in [6.45, 7) is 13.0. The van der Waals surface area contributed by atoms with Crippen molar-refractivity contribution in [2.45, 2.75) is 47.5 Å². The topological polar surface area (TPSA) is 65.7 Å². The van der Waals surface area contributed by atoms with Crippen LogP contribution in [0.3, 0.4) is 0 Å². The van der Waals surface area contributed by atoms with E-state index in [2.05, 4.69) is 39.7 Å². The summed E-state index contributed by atoms with van der Waals surface area (Å²) in [7, 11) is 1.67. The molecule has 4 aromatic rings. The molecule has 0 aliphatic rings. The van der Waals surface area contributed by atoms with E-state index >= 15 is 0 Å². The first-order chi connectivity index (χ1) is 18.0. The monoisotopic (exact) mass is 531 g/mol. The van der Waals surface area contributed by atoms with Crippen LogP contribution in [-0.2, 0) is 0 Å². The highest BCUT2D eigenvalue weighted by Gasteiger charge is 2.18. The molecular formula is C31H34ClN3O3. The molecule has 0 atom stereocenters. The van der Waals surface area contributed by atoms with E-state index in [0.29, 0.717) is 34.1 Å². The smallest absolute Gasteiger partial charge is 0.282 e. The standard InChI is InChI=1S/C31H34ClN3O3/c1-19(2)23-16-24(20(3)14-28(23)37-7)29-34-26-11-9-8-10-22(26)30(36)35(29)33-17-21-12-13-27(25(32)15-21)38-18-31(4,5)6/h8-17,19H,18H2,1-7H3. The van der Waals surface area contributed by atoms with Gasteiger partial charge in [-0.2, -0.15) is 9.78 Å². The van der Waals surface area contributed by atoms with Crippen LogP contribution in [0.15, 0.2) is 64.5 Å². The van der Waals surface area contributed by atoms with Gasteiger partial charge in [0.2, 0.25) is 0 Å². The lowest BCUT2D eigenvalue weighted by atomic mass is 9.96. The number of rotatable bonds is 7. The van der Waals surface area contributed by atoms with Gasteiger partial charge in [0, 0.05) is 5.56 Å². The molecule has 3 aromatic carbocycles. The number of para-hydroxylation sites is 1. The highest BCUT2D eigenvalue weighted by Crippen LogP contribution is 2.34. The van der Waals surface area contributed by atoms with Crippen molar-refractivity contribution in [1.29, 1.82) is 0 Å². The lowest BCUT2D eigenvalue weighted by molar-refractivity contribution is 0.198. The van der Waals surface area contributed by atoms with E-state index in [1.807, 2.05) is 49.4 Å². The minimum Gasteiger partial charge on any atom is -0.496 e. The third-order valence-corrected chi connectivity index (χ3v) is 6.43. The number of aromatic nitrogens is 2. The van der Waals surface area contributed by atoms with Crippen molar-refractivity contribution >= 4 is 28.7 Å². The summed E-state index contributed by atoms with van der Waals surface area (Å²) in [4.78, 5) is 18.5. The normalized spacial score (nSPS) is 12.0. The lowest BCUT2D eigenvalue weighted by Crippen LogP contribution is -2.20. The molecular weight excluding hydrogens is 498 g/mol. The third-order valence-electron chi connectivity index (χ3n) is 6.13. The van der Waals surface area contributed by atoms with Crippen LogP contribution in [0.25, 0.3) is 22.3 Å². The van der Waals surface area contributed by atoms with E-state index in [-0.39, 0.29) is 16.9 Å². The van der Waals surface area contributed by atoms with Gasteiger partial charge >= 0.3 is 0 Å². The van der Waals surface area contributed by atoms with Crippen molar-refractivity contribution in [1.82, 2.24) is 9.66 Å². The molecule has 0 bridgehead atoms. The zero-order valence-corrected chi connectivity index (χ0v) is 23.8. The Labute approximate surface area is 228 Å². The zero-order chi connectivity index (χ0) is 27.6. The van der Waals surface area contributed by atoms with Gasteiger partial charge < -0.3 is 9.47 Å². The van der Waals surface area contributed by atoms with Crippen molar-refractivity contribution in [2.75, 3.05) is 13.7 Å². The molecule has 38 heavy (non-hydrogen) atoms. The van der Waals surface area contributed by atoms with Crippen LogP contribution in [0.5, 0.6) is 11.5 Å². The van der Waals surface area contributed by atoms with Gasteiger partial charge in [-0.1, -0.05) is 58.4 Å². The summed E-state index contributed by atoms with van der Waals surface area (Å²) in [5, 5.41) is 5.58. The van der Waals surface area contributed by atoms with Crippen LogP contribution in [0, 0.1) is 12.3 Å². The molecule has 1 aromatic heterocycles. The van der Waals surface area contributed by atoms with Crippen LogP contribution < -0.4 is 15.0 Å². The van der Waals surface area contributed by atoms with Crippen LogP contribution in [0.1, 0.15) is 57.2 Å².